The first-order chi connectivity index (χ1) is 7.43. The second-order valence-corrected chi connectivity index (χ2v) is 4.75. The minimum absolute atomic E-state index is 0. The van der Waals surface area contributed by atoms with Crippen LogP contribution in [0.1, 0.15) is 25.3 Å². The fourth-order valence-electron chi connectivity index (χ4n) is 1.37. The van der Waals surface area contributed by atoms with Crippen molar-refractivity contribution in [3.05, 3.63) is 35.9 Å². The van der Waals surface area contributed by atoms with E-state index in [1.54, 1.807) is 0 Å². The van der Waals surface area contributed by atoms with Gasteiger partial charge in [-0.1, -0.05) is 37.3 Å². The standard InChI is InChI=1S/C13H21NS.ClH/c1-2-9-14-10-6-11-15-12-13-7-4-3-5-8-13;/h3-5,7-8,14H,2,6,9-12H2,1H3;1H. The summed E-state index contributed by atoms with van der Waals surface area (Å²) in [7, 11) is 0. The van der Waals surface area contributed by atoms with Gasteiger partial charge in [-0.05, 0) is 37.2 Å². The van der Waals surface area contributed by atoms with Crippen LogP contribution >= 0.6 is 24.2 Å². The van der Waals surface area contributed by atoms with Crippen LogP contribution in [0.4, 0.5) is 0 Å². The molecule has 0 unspecified atom stereocenters. The largest absolute Gasteiger partial charge is 0.317 e. The summed E-state index contributed by atoms with van der Waals surface area (Å²) in [6, 6.07) is 10.7. The summed E-state index contributed by atoms with van der Waals surface area (Å²) >= 11 is 2.02. The minimum atomic E-state index is 0. The van der Waals surface area contributed by atoms with E-state index in [0.717, 1.165) is 18.8 Å². The number of benzene rings is 1. The second-order valence-electron chi connectivity index (χ2n) is 3.64. The summed E-state index contributed by atoms with van der Waals surface area (Å²) in [5, 5.41) is 3.42. The van der Waals surface area contributed by atoms with Crippen molar-refractivity contribution in [2.45, 2.75) is 25.5 Å². The van der Waals surface area contributed by atoms with Crippen molar-refractivity contribution in [3.63, 3.8) is 0 Å². The number of rotatable bonds is 8. The molecule has 1 aromatic carbocycles. The van der Waals surface area contributed by atoms with Crippen molar-refractivity contribution in [3.8, 4) is 0 Å². The van der Waals surface area contributed by atoms with E-state index in [1.165, 1.54) is 24.2 Å². The van der Waals surface area contributed by atoms with Gasteiger partial charge in [0.1, 0.15) is 0 Å². The average Bonchev–Trinajstić information content (AvgIpc) is 2.29. The van der Waals surface area contributed by atoms with Crippen LogP contribution in [-0.2, 0) is 5.75 Å². The molecule has 0 radical (unpaired) electrons. The smallest absolute Gasteiger partial charge is 0.0184 e. The highest BCUT2D eigenvalue weighted by molar-refractivity contribution is 7.98. The Kier molecular flexibility index (Phi) is 11.2. The predicted octanol–water partition coefficient (Wildman–Crippen LogP) is 3.73. The van der Waals surface area contributed by atoms with Gasteiger partial charge in [0.15, 0.2) is 0 Å². The average molecular weight is 260 g/mol. The SMILES string of the molecule is CCCNCCCSCc1ccccc1.Cl. The molecule has 0 heterocycles. The molecule has 1 N–H and O–H groups in total. The van der Waals surface area contributed by atoms with Gasteiger partial charge >= 0.3 is 0 Å². The third kappa shape index (κ3) is 8.03. The molecule has 0 amide bonds. The van der Waals surface area contributed by atoms with E-state index < -0.39 is 0 Å². The molecule has 0 atom stereocenters. The van der Waals surface area contributed by atoms with Gasteiger partial charge in [0.25, 0.3) is 0 Å². The Bertz CT molecular complexity index is 241. The topological polar surface area (TPSA) is 12.0 Å². The lowest BCUT2D eigenvalue weighted by Crippen LogP contribution is -2.16. The van der Waals surface area contributed by atoms with Crippen LogP contribution in [0.3, 0.4) is 0 Å². The van der Waals surface area contributed by atoms with Crippen LogP contribution in [0.2, 0.25) is 0 Å². The predicted molar refractivity (Wildman–Crippen MR) is 77.6 cm³/mol. The van der Waals surface area contributed by atoms with Gasteiger partial charge in [0.05, 0.1) is 0 Å². The van der Waals surface area contributed by atoms with Gasteiger partial charge in [0, 0.05) is 5.75 Å². The Morgan fingerprint density at radius 1 is 1.12 bits per heavy atom. The summed E-state index contributed by atoms with van der Waals surface area (Å²) < 4.78 is 0. The van der Waals surface area contributed by atoms with Crippen LogP contribution in [-0.4, -0.2) is 18.8 Å². The number of hydrogen-bond acceptors (Lipinski definition) is 2. The third-order valence-corrected chi connectivity index (χ3v) is 3.30. The molecule has 0 aliphatic carbocycles. The Balaban J connectivity index is 0.00000225. The van der Waals surface area contributed by atoms with Gasteiger partial charge in [-0.2, -0.15) is 11.8 Å². The van der Waals surface area contributed by atoms with E-state index in [0.29, 0.717) is 0 Å². The molecular weight excluding hydrogens is 238 g/mol. The highest BCUT2D eigenvalue weighted by Gasteiger charge is 1.92. The summed E-state index contributed by atoms with van der Waals surface area (Å²) in [6.45, 7) is 4.52. The van der Waals surface area contributed by atoms with Crippen molar-refractivity contribution < 1.29 is 0 Å². The maximum absolute atomic E-state index is 3.42. The van der Waals surface area contributed by atoms with Crippen LogP contribution in [0.25, 0.3) is 0 Å². The van der Waals surface area contributed by atoms with Crippen LogP contribution in [0.5, 0.6) is 0 Å². The van der Waals surface area contributed by atoms with Crippen molar-refractivity contribution in [2.24, 2.45) is 0 Å². The maximum Gasteiger partial charge on any atom is 0.0184 e. The first kappa shape index (κ1) is 15.8. The van der Waals surface area contributed by atoms with Crippen molar-refractivity contribution in [1.82, 2.24) is 5.32 Å². The van der Waals surface area contributed by atoms with Gasteiger partial charge in [-0.3, -0.25) is 0 Å². The zero-order valence-corrected chi connectivity index (χ0v) is 11.6. The van der Waals surface area contributed by atoms with E-state index in [1.807, 2.05) is 11.8 Å². The summed E-state index contributed by atoms with van der Waals surface area (Å²) in [5.41, 5.74) is 1.43. The fourth-order valence-corrected chi connectivity index (χ4v) is 2.29. The Morgan fingerprint density at radius 2 is 1.88 bits per heavy atom. The van der Waals surface area contributed by atoms with E-state index in [4.69, 9.17) is 0 Å². The fraction of sp³-hybridized carbons (Fsp3) is 0.538. The molecule has 0 saturated heterocycles. The normalized spacial score (nSPS) is 9.81. The van der Waals surface area contributed by atoms with Crippen LogP contribution in [0, 0.1) is 0 Å². The van der Waals surface area contributed by atoms with E-state index in [9.17, 15) is 0 Å². The molecule has 0 fully saturated rings. The van der Waals surface area contributed by atoms with E-state index in [-0.39, 0.29) is 12.4 Å². The maximum atomic E-state index is 3.42. The third-order valence-electron chi connectivity index (χ3n) is 2.18. The molecule has 0 saturated carbocycles. The van der Waals surface area contributed by atoms with Crippen molar-refractivity contribution in [1.29, 1.82) is 0 Å². The Hall–Kier alpha value is -0.180. The molecule has 16 heavy (non-hydrogen) atoms. The molecule has 0 aliphatic rings. The number of hydrogen-bond donors (Lipinski definition) is 1. The quantitative estimate of drug-likeness (QED) is 0.714. The molecule has 0 aliphatic heterocycles. The van der Waals surface area contributed by atoms with Crippen molar-refractivity contribution in [2.75, 3.05) is 18.8 Å². The molecule has 3 heteroatoms. The van der Waals surface area contributed by atoms with Crippen LogP contribution in [0.15, 0.2) is 30.3 Å². The molecule has 0 spiro atoms. The van der Waals surface area contributed by atoms with Gasteiger partial charge < -0.3 is 5.32 Å². The lowest BCUT2D eigenvalue weighted by Gasteiger charge is -2.03. The van der Waals surface area contributed by atoms with Gasteiger partial charge in [-0.25, -0.2) is 0 Å². The number of thioether (sulfide) groups is 1. The summed E-state index contributed by atoms with van der Waals surface area (Å²) in [5.74, 6) is 2.40. The highest BCUT2D eigenvalue weighted by Crippen LogP contribution is 2.11. The Labute approximate surface area is 110 Å². The zero-order valence-electron chi connectivity index (χ0n) is 9.95. The van der Waals surface area contributed by atoms with Crippen molar-refractivity contribution >= 4 is 24.2 Å². The molecule has 1 rings (SSSR count). The first-order valence-corrected chi connectivity index (χ1v) is 6.91. The first-order valence-electron chi connectivity index (χ1n) is 5.76. The molecule has 1 aromatic rings. The zero-order chi connectivity index (χ0) is 10.8. The number of halogens is 1. The molecule has 0 aromatic heterocycles. The summed E-state index contributed by atoms with van der Waals surface area (Å²) in [6.07, 6.45) is 2.51. The van der Waals surface area contributed by atoms with Gasteiger partial charge in [-0.15, -0.1) is 12.4 Å². The lowest BCUT2D eigenvalue weighted by atomic mass is 10.2. The molecule has 0 bridgehead atoms. The lowest BCUT2D eigenvalue weighted by molar-refractivity contribution is 0.664. The molecule has 92 valence electrons. The van der Waals surface area contributed by atoms with Crippen LogP contribution < -0.4 is 5.32 Å². The minimum Gasteiger partial charge on any atom is -0.317 e. The highest BCUT2D eigenvalue weighted by atomic mass is 35.5. The van der Waals surface area contributed by atoms with E-state index >= 15 is 0 Å². The molecule has 1 nitrogen and oxygen atoms in total. The summed E-state index contributed by atoms with van der Waals surface area (Å²) in [4.78, 5) is 0. The monoisotopic (exact) mass is 259 g/mol. The molecular formula is C13H22ClNS. The Morgan fingerprint density at radius 3 is 2.56 bits per heavy atom. The van der Waals surface area contributed by atoms with Gasteiger partial charge in [0.2, 0.25) is 0 Å². The number of nitrogens with one attached hydrogen (secondary N) is 1. The van der Waals surface area contributed by atoms with E-state index in [2.05, 4.69) is 42.6 Å². The second kappa shape index (κ2) is 11.3.